The number of ether oxygens (including phenoxy) is 4. The van der Waals surface area contributed by atoms with Crippen molar-refractivity contribution in [3.63, 3.8) is 0 Å². The van der Waals surface area contributed by atoms with E-state index in [2.05, 4.69) is 11.1 Å². The van der Waals surface area contributed by atoms with Gasteiger partial charge in [-0.05, 0) is 65.7 Å². The number of hydrogen-bond donors (Lipinski definition) is 5. The molecule has 1 saturated carbocycles. The molecule has 1 amide bonds. The smallest absolute Gasteiger partial charge is 0.254 e. The molecule has 302 valence electrons. The Morgan fingerprint density at radius 1 is 1.14 bits per heavy atom. The summed E-state index contributed by atoms with van der Waals surface area (Å²) in [5.41, 5.74) is 2.73. The molecule has 3 aliphatic carbocycles. The second kappa shape index (κ2) is 14.3. The van der Waals surface area contributed by atoms with Gasteiger partial charge >= 0.3 is 0 Å². The first kappa shape index (κ1) is 37.7. The van der Waals surface area contributed by atoms with Gasteiger partial charge in [-0.2, -0.15) is 4.99 Å². The maximum absolute atomic E-state index is 14.8. The Morgan fingerprint density at radius 2 is 1.97 bits per heavy atom. The van der Waals surface area contributed by atoms with Gasteiger partial charge in [-0.15, -0.1) is 0 Å². The summed E-state index contributed by atoms with van der Waals surface area (Å²) in [7, 11) is 1.48. The van der Waals surface area contributed by atoms with Crippen LogP contribution in [0.15, 0.2) is 82.5 Å². The first-order valence-corrected chi connectivity index (χ1v) is 19.9. The highest BCUT2D eigenvalue weighted by Gasteiger charge is 2.57. The van der Waals surface area contributed by atoms with E-state index in [1.54, 1.807) is 36.6 Å². The number of aliphatic hydroxyl groups excluding tert-OH is 3. The van der Waals surface area contributed by atoms with Crippen LogP contribution in [0.4, 0.5) is 0 Å². The quantitative estimate of drug-likeness (QED) is 0.177. The summed E-state index contributed by atoms with van der Waals surface area (Å²) in [5.74, 6) is -0.838. The first-order valence-electron chi connectivity index (χ1n) is 19.9. The van der Waals surface area contributed by atoms with E-state index in [1.807, 2.05) is 42.9 Å². The van der Waals surface area contributed by atoms with Crippen LogP contribution in [-0.4, -0.2) is 112 Å². The standard InChI is InChI=1S/C46H42N2O11/c1-56-35-17-30-28-14-13-23-8-6-11-25(23)37(28)39(33(50)20-48-19-24-7-2-3-9-26(24)44(48)54)41(52)38(30)42-29(35)15-16-34(31-18-47-32-12-5-4-10-27(31)32)57-21-36-40(51)43(53)46(55,22-49)45(58-36)59-42/h2-5,7,9-10,12-18,23,25,34,36,40,43,45,49,51,53,55H,6,8,11,19-22H2,1H3/p+1. The number of aliphatic imine (C=N–C) groups is 1. The van der Waals surface area contributed by atoms with Crippen molar-refractivity contribution in [1.82, 2.24) is 4.90 Å². The number of allylic oxidation sites excluding steroid dienone is 5. The molecule has 7 aliphatic rings. The summed E-state index contributed by atoms with van der Waals surface area (Å²) in [6, 6.07) is 9.00. The van der Waals surface area contributed by atoms with Gasteiger partial charge in [0.05, 0.1) is 55.2 Å². The van der Waals surface area contributed by atoms with Crippen LogP contribution in [0, 0.1) is 12.3 Å². The van der Waals surface area contributed by atoms with E-state index >= 15 is 0 Å². The molecule has 1 saturated heterocycles. The Balaban J connectivity index is 1.20. The van der Waals surface area contributed by atoms with Crippen molar-refractivity contribution in [1.29, 1.82) is 0 Å². The summed E-state index contributed by atoms with van der Waals surface area (Å²) in [6.07, 6.45) is 11.8. The number of phenols is 1. The summed E-state index contributed by atoms with van der Waals surface area (Å²) < 4.78 is 25.2. The fraction of sp³-hybridized carbons (Fsp3) is 0.348. The van der Waals surface area contributed by atoms with Gasteiger partial charge in [0.15, 0.2) is 17.1 Å². The van der Waals surface area contributed by atoms with Crippen molar-refractivity contribution in [2.75, 3.05) is 26.9 Å². The number of ketones is 1. The fourth-order valence-electron chi connectivity index (χ4n) is 9.85. The molecule has 5 N–H and O–H groups in total. The number of amides is 1. The number of fused-ring (bicyclic) bond motifs is 11. The maximum atomic E-state index is 14.8. The molecule has 0 spiro atoms. The van der Waals surface area contributed by atoms with Gasteiger partial charge in [-0.3, -0.25) is 9.59 Å². The van der Waals surface area contributed by atoms with E-state index in [1.165, 1.54) is 12.0 Å². The Bertz CT molecular complexity index is 2500. The average molecular weight is 800 g/mol. The molecule has 10 rings (SSSR count). The molecule has 59 heavy (non-hydrogen) atoms. The average Bonchev–Trinajstić information content (AvgIpc) is 3.98. The molecule has 4 heterocycles. The normalized spacial score (nSPS) is 30.2. The summed E-state index contributed by atoms with van der Waals surface area (Å²) in [4.78, 5) is 34.4. The largest absolute Gasteiger partial charge is 0.506 e. The van der Waals surface area contributed by atoms with E-state index in [9.17, 15) is 35.1 Å². The van der Waals surface area contributed by atoms with Gasteiger partial charge in [-0.1, -0.05) is 36.8 Å². The van der Waals surface area contributed by atoms with Gasteiger partial charge < -0.3 is 49.4 Å². The van der Waals surface area contributed by atoms with Crippen LogP contribution in [0.3, 0.4) is 0 Å². The third kappa shape index (κ3) is 5.82. The lowest BCUT2D eigenvalue weighted by molar-refractivity contribution is -0.329. The number of carbonyl (C=O) groups is 2. The van der Waals surface area contributed by atoms with Gasteiger partial charge in [0.1, 0.15) is 47.2 Å². The zero-order valence-electron chi connectivity index (χ0n) is 32.2. The van der Waals surface area contributed by atoms with Gasteiger partial charge in [0.25, 0.3) is 5.91 Å². The Morgan fingerprint density at radius 3 is 2.78 bits per heavy atom. The summed E-state index contributed by atoms with van der Waals surface area (Å²) in [5, 5.41) is 58.3. The van der Waals surface area contributed by atoms with Crippen LogP contribution in [0.1, 0.15) is 68.2 Å². The fourth-order valence-corrected chi connectivity index (χ4v) is 9.85. The molecule has 3 aromatic rings. The second-order valence-electron chi connectivity index (χ2n) is 16.1. The Kier molecular flexibility index (Phi) is 9.16. The molecule has 8 unspecified atom stereocenters. The molecule has 8 atom stereocenters. The number of aromatic hydroxyl groups is 1. The molecule has 0 aromatic heterocycles. The molecule has 4 aliphatic heterocycles. The predicted molar refractivity (Wildman–Crippen MR) is 216 cm³/mol. The number of aliphatic hydroxyl groups is 4. The number of hydrogen-bond acceptors (Lipinski definition) is 12. The molecule has 2 fully saturated rings. The van der Waals surface area contributed by atoms with E-state index in [4.69, 9.17) is 18.9 Å². The number of nitrogens with zero attached hydrogens (tertiary/aromatic N) is 2. The zero-order valence-corrected chi connectivity index (χ0v) is 32.2. The topological polar surface area (TPSA) is 188 Å². The molecular formula is C46H43N2O11+. The zero-order chi connectivity index (χ0) is 40.7. The molecule has 13 nitrogen and oxygen atoms in total. The lowest BCUT2D eigenvalue weighted by atomic mass is 9.75. The van der Waals surface area contributed by atoms with E-state index < -0.39 is 54.4 Å². The lowest BCUT2D eigenvalue weighted by Crippen LogP contribution is -2.69. The third-order valence-corrected chi connectivity index (χ3v) is 12.9. The molecule has 3 aromatic carbocycles. The minimum Gasteiger partial charge on any atom is -0.506 e. The van der Waals surface area contributed by atoms with E-state index in [0.29, 0.717) is 33.4 Å². The number of rotatable bonds is 6. The molecule has 13 heteroatoms. The predicted octanol–water partition coefficient (Wildman–Crippen LogP) is 4.30. The number of carbonyl (C=O) groups excluding carboxylic acids is 2. The van der Waals surface area contributed by atoms with Crippen LogP contribution in [0.25, 0.3) is 22.9 Å². The van der Waals surface area contributed by atoms with Crippen LogP contribution in [0.2, 0.25) is 0 Å². The van der Waals surface area contributed by atoms with E-state index in [-0.39, 0.29) is 59.7 Å². The SMILES string of the molecule is COc1cc2c3c(c(C(=O)CN4Cc5ccccc5C4=O)c(O)c2c2c1C=CC(C1=C4[CH+]C=CC=C4N=C1)OCC1OC(O2)C(O)(CO)C(O)C1O)C1CCCC1C=C3. The summed E-state index contributed by atoms with van der Waals surface area (Å²) in [6.45, 7) is -1.39. The minimum atomic E-state index is -2.56. The van der Waals surface area contributed by atoms with Crippen LogP contribution in [0.5, 0.6) is 17.2 Å². The molecule has 0 radical (unpaired) electrons. The second-order valence-corrected chi connectivity index (χ2v) is 16.1. The highest BCUT2D eigenvalue weighted by atomic mass is 16.7. The van der Waals surface area contributed by atoms with Crippen molar-refractivity contribution in [2.24, 2.45) is 10.9 Å². The van der Waals surface area contributed by atoms with Crippen molar-refractivity contribution < 1.29 is 54.1 Å². The monoisotopic (exact) mass is 799 g/mol. The highest BCUT2D eigenvalue weighted by molar-refractivity contribution is 6.14. The summed E-state index contributed by atoms with van der Waals surface area (Å²) >= 11 is 0. The Labute approximate surface area is 339 Å². The maximum Gasteiger partial charge on any atom is 0.254 e. The van der Waals surface area contributed by atoms with Crippen molar-refractivity contribution >= 4 is 40.8 Å². The number of phenolic OH excluding ortho intramolecular Hbond substituents is 1. The van der Waals surface area contributed by atoms with E-state index in [0.717, 1.165) is 36.1 Å². The van der Waals surface area contributed by atoms with Crippen molar-refractivity contribution in [2.45, 2.75) is 68.0 Å². The van der Waals surface area contributed by atoms with Crippen LogP contribution >= 0.6 is 0 Å². The van der Waals surface area contributed by atoms with Crippen LogP contribution in [-0.2, 0) is 16.0 Å². The van der Waals surface area contributed by atoms with Crippen LogP contribution < -0.4 is 9.47 Å². The highest BCUT2D eigenvalue weighted by Crippen LogP contribution is 2.55. The first-order chi connectivity index (χ1) is 28.6. The van der Waals surface area contributed by atoms with Gasteiger partial charge in [0.2, 0.25) is 6.29 Å². The minimum absolute atomic E-state index is 0.0672. The number of methoxy groups -OCH3 is 1. The third-order valence-electron chi connectivity index (χ3n) is 12.9. The number of Topliss-reactive ketones (excluding diaryl/α,β-unsaturated/α-hetero) is 1. The van der Waals surface area contributed by atoms with Crippen molar-refractivity contribution in [3.8, 4) is 17.2 Å². The number of benzene rings is 3. The van der Waals surface area contributed by atoms with Crippen molar-refractivity contribution in [3.05, 3.63) is 117 Å². The molecular weight excluding hydrogens is 757 g/mol. The lowest BCUT2D eigenvalue weighted by Gasteiger charge is -2.47. The van der Waals surface area contributed by atoms with Gasteiger partial charge in [-0.25, -0.2) is 0 Å². The Hall–Kier alpha value is -5.54. The molecule has 2 bridgehead atoms. The van der Waals surface area contributed by atoms with Gasteiger partial charge in [0, 0.05) is 42.1 Å².